The van der Waals surface area contributed by atoms with Crippen LogP contribution in [0.3, 0.4) is 0 Å². The lowest BCUT2D eigenvalue weighted by molar-refractivity contribution is -0.139. The average Bonchev–Trinajstić information content (AvgIpc) is 2.36. The highest BCUT2D eigenvalue weighted by Gasteiger charge is 2.23. The molecule has 1 heterocycles. The maximum atomic E-state index is 12.2. The van der Waals surface area contributed by atoms with E-state index in [2.05, 4.69) is 13.8 Å². The van der Waals surface area contributed by atoms with Crippen molar-refractivity contribution in [3.63, 3.8) is 0 Å². The molecule has 106 valence electrons. The molecule has 1 rings (SSSR count). The van der Waals surface area contributed by atoms with Crippen molar-refractivity contribution in [1.82, 2.24) is 4.90 Å². The number of amides is 1. The number of nitrogens with zero attached hydrogens (tertiary/aromatic N) is 1. The third kappa shape index (κ3) is 4.94. The number of hydrogen-bond acceptors (Lipinski definition) is 3. The van der Waals surface area contributed by atoms with E-state index < -0.39 is 0 Å². The molecule has 1 saturated heterocycles. The summed E-state index contributed by atoms with van der Waals surface area (Å²) in [6.45, 7) is 7.07. The third-order valence-corrected chi connectivity index (χ3v) is 3.73. The monoisotopic (exact) mass is 256 g/mol. The molecule has 2 N–H and O–H groups in total. The fourth-order valence-corrected chi connectivity index (χ4v) is 2.65. The van der Waals surface area contributed by atoms with Crippen LogP contribution in [0.4, 0.5) is 0 Å². The predicted molar refractivity (Wildman–Crippen MR) is 73.3 cm³/mol. The number of hydrogen-bond donors (Lipinski definition) is 1. The van der Waals surface area contributed by atoms with Crippen LogP contribution in [0.5, 0.6) is 0 Å². The Kier molecular flexibility index (Phi) is 7.28. The van der Waals surface area contributed by atoms with Gasteiger partial charge in [0, 0.05) is 13.0 Å². The minimum atomic E-state index is 0.227. The number of nitrogens with two attached hydrogens (primary N) is 1. The van der Waals surface area contributed by atoms with E-state index in [0.717, 1.165) is 25.9 Å². The molecule has 1 aliphatic heterocycles. The van der Waals surface area contributed by atoms with Crippen molar-refractivity contribution in [3.05, 3.63) is 0 Å². The molecule has 4 heteroatoms. The van der Waals surface area contributed by atoms with Gasteiger partial charge in [0.2, 0.25) is 5.91 Å². The molecule has 1 fully saturated rings. The Morgan fingerprint density at radius 3 is 2.83 bits per heavy atom. The van der Waals surface area contributed by atoms with Gasteiger partial charge in [-0.05, 0) is 32.2 Å². The lowest BCUT2D eigenvalue weighted by Crippen LogP contribution is -2.47. The molecule has 0 radical (unpaired) electrons. The summed E-state index contributed by atoms with van der Waals surface area (Å²) in [4.78, 5) is 14.1. The molecule has 0 saturated carbocycles. The molecule has 0 bridgehead atoms. The summed E-state index contributed by atoms with van der Waals surface area (Å²) < 4.78 is 5.35. The summed E-state index contributed by atoms with van der Waals surface area (Å²) in [5, 5.41) is 0. The fourth-order valence-electron chi connectivity index (χ4n) is 2.65. The molecule has 2 unspecified atom stereocenters. The smallest absolute Gasteiger partial charge is 0.222 e. The van der Waals surface area contributed by atoms with Crippen molar-refractivity contribution in [2.75, 3.05) is 26.3 Å². The molecule has 0 aromatic carbocycles. The molecule has 0 spiro atoms. The highest BCUT2D eigenvalue weighted by atomic mass is 16.5. The van der Waals surface area contributed by atoms with Crippen LogP contribution in [0.2, 0.25) is 0 Å². The van der Waals surface area contributed by atoms with Gasteiger partial charge in [-0.1, -0.05) is 19.8 Å². The second-order valence-corrected chi connectivity index (χ2v) is 5.28. The lowest BCUT2D eigenvalue weighted by atomic mass is 9.94. The van der Waals surface area contributed by atoms with Crippen molar-refractivity contribution < 1.29 is 9.53 Å². The first-order valence-electron chi connectivity index (χ1n) is 7.26. The van der Waals surface area contributed by atoms with Gasteiger partial charge in [0.15, 0.2) is 0 Å². The van der Waals surface area contributed by atoms with Gasteiger partial charge in [-0.25, -0.2) is 0 Å². The van der Waals surface area contributed by atoms with Gasteiger partial charge in [-0.15, -0.1) is 0 Å². The summed E-state index contributed by atoms with van der Waals surface area (Å²) in [7, 11) is 0. The van der Waals surface area contributed by atoms with Gasteiger partial charge in [-0.3, -0.25) is 4.79 Å². The third-order valence-electron chi connectivity index (χ3n) is 3.73. The Balaban J connectivity index is 2.33. The number of carbonyl (C=O) groups is 1. The molecule has 2 atom stereocenters. The number of morpholine rings is 1. The van der Waals surface area contributed by atoms with Gasteiger partial charge in [0.1, 0.15) is 0 Å². The summed E-state index contributed by atoms with van der Waals surface area (Å²) in [6, 6.07) is 0.227. The second kappa shape index (κ2) is 8.48. The van der Waals surface area contributed by atoms with Crippen molar-refractivity contribution in [3.8, 4) is 0 Å². The zero-order valence-electron chi connectivity index (χ0n) is 11.9. The minimum Gasteiger partial charge on any atom is -0.377 e. The highest BCUT2D eigenvalue weighted by Crippen LogP contribution is 2.18. The maximum absolute atomic E-state index is 12.2. The first-order chi connectivity index (χ1) is 8.69. The molecule has 1 amide bonds. The van der Waals surface area contributed by atoms with Crippen LogP contribution >= 0.6 is 0 Å². The Bertz CT molecular complexity index is 240. The second-order valence-electron chi connectivity index (χ2n) is 5.28. The minimum absolute atomic E-state index is 0.227. The van der Waals surface area contributed by atoms with E-state index >= 15 is 0 Å². The van der Waals surface area contributed by atoms with Crippen LogP contribution in [0.15, 0.2) is 0 Å². The average molecular weight is 256 g/mol. The van der Waals surface area contributed by atoms with Crippen molar-refractivity contribution >= 4 is 5.91 Å². The van der Waals surface area contributed by atoms with Crippen LogP contribution in [-0.4, -0.2) is 43.2 Å². The Hall–Kier alpha value is -0.610. The number of ether oxygens (including phenoxy) is 1. The van der Waals surface area contributed by atoms with Crippen molar-refractivity contribution in [1.29, 1.82) is 0 Å². The van der Waals surface area contributed by atoms with Crippen LogP contribution in [-0.2, 0) is 9.53 Å². The SMILES string of the molecule is CCCC(CCN)CCC(=O)N1CCOCC1C. The molecule has 0 aliphatic carbocycles. The summed E-state index contributed by atoms with van der Waals surface area (Å²) in [6.07, 6.45) is 5.04. The van der Waals surface area contributed by atoms with Gasteiger partial charge in [-0.2, -0.15) is 0 Å². The van der Waals surface area contributed by atoms with E-state index in [-0.39, 0.29) is 11.9 Å². The quantitative estimate of drug-likeness (QED) is 0.755. The fraction of sp³-hybridized carbons (Fsp3) is 0.929. The van der Waals surface area contributed by atoms with Gasteiger partial charge in [0.05, 0.1) is 19.3 Å². The molecular weight excluding hydrogens is 228 g/mol. The molecule has 0 aromatic heterocycles. The Morgan fingerprint density at radius 1 is 1.44 bits per heavy atom. The van der Waals surface area contributed by atoms with Crippen LogP contribution in [0.25, 0.3) is 0 Å². The largest absolute Gasteiger partial charge is 0.377 e. The lowest BCUT2D eigenvalue weighted by Gasteiger charge is -2.33. The predicted octanol–water partition coefficient (Wildman–Crippen LogP) is 1.78. The first kappa shape index (κ1) is 15.4. The Morgan fingerprint density at radius 2 is 2.22 bits per heavy atom. The maximum Gasteiger partial charge on any atom is 0.222 e. The normalized spacial score (nSPS) is 21.9. The topological polar surface area (TPSA) is 55.6 Å². The zero-order chi connectivity index (χ0) is 13.4. The van der Waals surface area contributed by atoms with E-state index in [1.165, 1.54) is 12.8 Å². The van der Waals surface area contributed by atoms with E-state index in [1.807, 2.05) is 4.90 Å². The summed E-state index contributed by atoms with van der Waals surface area (Å²) >= 11 is 0. The van der Waals surface area contributed by atoms with Crippen LogP contribution < -0.4 is 5.73 Å². The summed E-state index contributed by atoms with van der Waals surface area (Å²) in [5.41, 5.74) is 5.62. The highest BCUT2D eigenvalue weighted by molar-refractivity contribution is 5.76. The Labute approximate surface area is 111 Å². The zero-order valence-corrected chi connectivity index (χ0v) is 11.9. The molecule has 4 nitrogen and oxygen atoms in total. The van der Waals surface area contributed by atoms with Crippen molar-refractivity contribution in [2.45, 2.75) is 52.0 Å². The number of carbonyl (C=O) groups excluding carboxylic acids is 1. The standard InChI is InChI=1S/C14H28N2O2/c1-3-4-13(7-8-15)5-6-14(17)16-9-10-18-11-12(16)2/h12-13H,3-11,15H2,1-2H3. The van der Waals surface area contributed by atoms with Gasteiger partial charge >= 0.3 is 0 Å². The van der Waals surface area contributed by atoms with Crippen LogP contribution in [0.1, 0.15) is 46.0 Å². The van der Waals surface area contributed by atoms with Gasteiger partial charge in [0.25, 0.3) is 0 Å². The van der Waals surface area contributed by atoms with Crippen LogP contribution in [0, 0.1) is 5.92 Å². The molecular formula is C14H28N2O2. The van der Waals surface area contributed by atoms with E-state index in [4.69, 9.17) is 10.5 Å². The van der Waals surface area contributed by atoms with Gasteiger partial charge < -0.3 is 15.4 Å². The van der Waals surface area contributed by atoms with E-state index in [0.29, 0.717) is 25.6 Å². The molecule has 0 aromatic rings. The van der Waals surface area contributed by atoms with E-state index in [9.17, 15) is 4.79 Å². The first-order valence-corrected chi connectivity index (χ1v) is 7.26. The van der Waals surface area contributed by atoms with Crippen molar-refractivity contribution in [2.24, 2.45) is 11.7 Å². The number of rotatable bonds is 7. The van der Waals surface area contributed by atoms with E-state index in [1.54, 1.807) is 0 Å². The molecule has 1 aliphatic rings. The summed E-state index contributed by atoms with van der Waals surface area (Å²) in [5.74, 6) is 0.893. The molecule has 18 heavy (non-hydrogen) atoms.